The molecule has 2 aromatic carbocycles. The van der Waals surface area contributed by atoms with Gasteiger partial charge in [0.25, 0.3) is 0 Å². The number of amides is 1. The molecule has 0 aliphatic carbocycles. The molecule has 0 saturated carbocycles. The zero-order chi connectivity index (χ0) is 13.9. The molecule has 1 heterocycles. The first-order valence-corrected chi connectivity index (χ1v) is 6.68. The molecule has 1 amide bonds. The molecule has 3 rings (SSSR count). The van der Waals surface area contributed by atoms with Crippen molar-refractivity contribution in [1.82, 2.24) is 0 Å². The van der Waals surface area contributed by atoms with E-state index in [1.54, 1.807) is 12.1 Å². The van der Waals surface area contributed by atoms with E-state index in [0.29, 0.717) is 5.56 Å². The van der Waals surface area contributed by atoms with E-state index < -0.39 is 5.91 Å². The summed E-state index contributed by atoms with van der Waals surface area (Å²) in [4.78, 5) is 11.1. The van der Waals surface area contributed by atoms with Crippen LogP contribution in [0.2, 0.25) is 0 Å². The summed E-state index contributed by atoms with van der Waals surface area (Å²) in [5.41, 5.74) is 10.6. The third-order valence-electron chi connectivity index (χ3n) is 3.54. The van der Waals surface area contributed by atoms with Crippen LogP contribution in [0, 0.1) is 0 Å². The summed E-state index contributed by atoms with van der Waals surface area (Å²) >= 11 is 0. The minimum Gasteiger partial charge on any atom is -0.384 e. The Morgan fingerprint density at radius 2 is 1.80 bits per heavy atom. The fourth-order valence-electron chi connectivity index (χ4n) is 2.45. The van der Waals surface area contributed by atoms with Gasteiger partial charge in [0, 0.05) is 17.8 Å². The molecule has 20 heavy (non-hydrogen) atoms. The van der Waals surface area contributed by atoms with E-state index in [2.05, 4.69) is 23.5 Å². The number of primary amides is 1. The number of hydrogen-bond donors (Lipinski definition) is 2. The fraction of sp³-hybridized carbons (Fsp3) is 0.118. The maximum Gasteiger partial charge on any atom is 0.248 e. The minimum absolute atomic E-state index is 0.390. The lowest BCUT2D eigenvalue weighted by atomic mass is 9.99. The Hall–Kier alpha value is -2.55. The number of carbonyl (C=O) groups is 1. The lowest BCUT2D eigenvalue weighted by Gasteiger charge is -2.06. The monoisotopic (exact) mass is 264 g/mol. The predicted octanol–water partition coefficient (Wildman–Crippen LogP) is 3.14. The van der Waals surface area contributed by atoms with E-state index in [-0.39, 0.29) is 0 Å². The molecule has 0 unspecified atom stereocenters. The van der Waals surface area contributed by atoms with E-state index >= 15 is 0 Å². The van der Waals surface area contributed by atoms with Gasteiger partial charge < -0.3 is 11.1 Å². The summed E-state index contributed by atoms with van der Waals surface area (Å²) < 4.78 is 0. The van der Waals surface area contributed by atoms with Gasteiger partial charge in [-0.1, -0.05) is 30.3 Å². The van der Waals surface area contributed by atoms with Gasteiger partial charge in [-0.2, -0.15) is 0 Å². The van der Waals surface area contributed by atoms with Crippen LogP contribution in [0.3, 0.4) is 0 Å². The van der Waals surface area contributed by atoms with Crippen LogP contribution in [0.15, 0.2) is 48.5 Å². The summed E-state index contributed by atoms with van der Waals surface area (Å²) in [5, 5.41) is 3.43. The maximum absolute atomic E-state index is 11.1. The lowest BCUT2D eigenvalue weighted by Crippen LogP contribution is -2.10. The highest BCUT2D eigenvalue weighted by Gasteiger charge is 2.09. The van der Waals surface area contributed by atoms with Gasteiger partial charge in [-0.25, -0.2) is 0 Å². The topological polar surface area (TPSA) is 55.1 Å². The summed E-state index contributed by atoms with van der Waals surface area (Å²) in [7, 11) is 0. The summed E-state index contributed by atoms with van der Waals surface area (Å²) in [6.45, 7) is 0.903. The van der Waals surface area contributed by atoms with Gasteiger partial charge in [-0.3, -0.25) is 4.79 Å². The van der Waals surface area contributed by atoms with Crippen LogP contribution in [0.25, 0.3) is 11.6 Å². The Bertz CT molecular complexity index is 672. The average molecular weight is 264 g/mol. The lowest BCUT2D eigenvalue weighted by molar-refractivity contribution is 0.100. The molecule has 1 aliphatic rings. The van der Waals surface area contributed by atoms with Crippen LogP contribution in [-0.2, 0) is 0 Å². The zero-order valence-electron chi connectivity index (χ0n) is 11.1. The number of nitrogens with two attached hydrogens (primary N) is 1. The Kier molecular flexibility index (Phi) is 3.25. The number of benzene rings is 2. The third-order valence-corrected chi connectivity index (χ3v) is 3.54. The molecular weight excluding hydrogens is 248 g/mol. The van der Waals surface area contributed by atoms with Crippen LogP contribution >= 0.6 is 0 Å². The number of rotatable bonds is 2. The number of hydrogen-bond acceptors (Lipinski definition) is 2. The van der Waals surface area contributed by atoms with Crippen molar-refractivity contribution in [2.24, 2.45) is 5.73 Å². The van der Waals surface area contributed by atoms with Crippen molar-refractivity contribution in [3.8, 4) is 0 Å². The van der Waals surface area contributed by atoms with Gasteiger partial charge in [0.05, 0.1) is 0 Å². The molecule has 0 spiro atoms. The summed E-state index contributed by atoms with van der Waals surface area (Å²) in [6.07, 6.45) is 3.15. The first kappa shape index (κ1) is 12.5. The molecule has 1 aliphatic heterocycles. The second kappa shape index (κ2) is 5.21. The Balaban J connectivity index is 1.97. The number of para-hydroxylation sites is 1. The standard InChI is InChI=1S/C17H16N2O/c18-17(20)13-7-5-12(6-8-13)14-9-10-19-16-4-2-1-3-15(16)11-14/h1-8,11,19H,9-10H2,(H2,18,20). The van der Waals surface area contributed by atoms with Crippen molar-refractivity contribution in [2.75, 3.05) is 11.9 Å². The molecular formula is C17H16N2O. The van der Waals surface area contributed by atoms with E-state index in [4.69, 9.17) is 5.73 Å². The Labute approximate surface area is 118 Å². The van der Waals surface area contributed by atoms with E-state index in [0.717, 1.165) is 24.2 Å². The third kappa shape index (κ3) is 2.43. The molecule has 100 valence electrons. The first-order valence-electron chi connectivity index (χ1n) is 6.68. The SMILES string of the molecule is NC(=O)c1ccc(C2=Cc3ccccc3NCC2)cc1. The normalized spacial score (nSPS) is 13.7. The smallest absolute Gasteiger partial charge is 0.248 e. The molecule has 0 aromatic heterocycles. The van der Waals surface area contributed by atoms with Crippen molar-refractivity contribution >= 4 is 23.2 Å². The second-order valence-electron chi connectivity index (χ2n) is 4.88. The molecule has 2 aromatic rings. The first-order chi connectivity index (χ1) is 9.74. The average Bonchev–Trinajstić information content (AvgIpc) is 2.69. The second-order valence-corrected chi connectivity index (χ2v) is 4.88. The van der Waals surface area contributed by atoms with Crippen LogP contribution < -0.4 is 11.1 Å². The highest BCUT2D eigenvalue weighted by atomic mass is 16.1. The molecule has 0 saturated heterocycles. The van der Waals surface area contributed by atoms with Gasteiger partial charge >= 0.3 is 0 Å². The summed E-state index contributed by atoms with van der Waals surface area (Å²) in [6, 6.07) is 15.7. The fourth-order valence-corrected chi connectivity index (χ4v) is 2.45. The molecule has 0 bridgehead atoms. The van der Waals surface area contributed by atoms with Crippen LogP contribution in [0.4, 0.5) is 5.69 Å². The van der Waals surface area contributed by atoms with Crippen molar-refractivity contribution in [1.29, 1.82) is 0 Å². The highest BCUT2D eigenvalue weighted by molar-refractivity contribution is 5.93. The quantitative estimate of drug-likeness (QED) is 0.875. The van der Waals surface area contributed by atoms with Gasteiger partial charge in [-0.15, -0.1) is 0 Å². The van der Waals surface area contributed by atoms with E-state index in [1.807, 2.05) is 24.3 Å². The van der Waals surface area contributed by atoms with Crippen LogP contribution in [-0.4, -0.2) is 12.5 Å². The minimum atomic E-state index is -0.390. The van der Waals surface area contributed by atoms with Crippen molar-refractivity contribution < 1.29 is 4.79 Å². The number of fused-ring (bicyclic) bond motifs is 1. The summed E-state index contributed by atoms with van der Waals surface area (Å²) in [5.74, 6) is -0.390. The largest absolute Gasteiger partial charge is 0.384 e. The molecule has 0 atom stereocenters. The zero-order valence-corrected chi connectivity index (χ0v) is 11.1. The van der Waals surface area contributed by atoms with Gasteiger partial charge in [0.2, 0.25) is 5.91 Å². The van der Waals surface area contributed by atoms with Crippen molar-refractivity contribution in [2.45, 2.75) is 6.42 Å². The number of anilines is 1. The Morgan fingerprint density at radius 3 is 2.55 bits per heavy atom. The molecule has 0 fully saturated rings. The van der Waals surface area contributed by atoms with Gasteiger partial charge in [-0.05, 0) is 47.4 Å². The molecule has 0 radical (unpaired) electrons. The predicted molar refractivity (Wildman–Crippen MR) is 82.4 cm³/mol. The van der Waals surface area contributed by atoms with Crippen LogP contribution in [0.5, 0.6) is 0 Å². The van der Waals surface area contributed by atoms with Gasteiger partial charge in [0.1, 0.15) is 0 Å². The molecule has 3 N–H and O–H groups in total. The van der Waals surface area contributed by atoms with Crippen LogP contribution in [0.1, 0.15) is 27.9 Å². The van der Waals surface area contributed by atoms with E-state index in [1.165, 1.54) is 11.1 Å². The number of carbonyl (C=O) groups excluding carboxylic acids is 1. The Morgan fingerprint density at radius 1 is 1.05 bits per heavy atom. The maximum atomic E-state index is 11.1. The highest BCUT2D eigenvalue weighted by Crippen LogP contribution is 2.28. The van der Waals surface area contributed by atoms with Crippen molar-refractivity contribution in [3.05, 3.63) is 65.2 Å². The molecule has 3 heteroatoms. The number of nitrogens with one attached hydrogen (secondary N) is 1. The van der Waals surface area contributed by atoms with E-state index in [9.17, 15) is 4.79 Å². The molecule has 3 nitrogen and oxygen atoms in total. The van der Waals surface area contributed by atoms with Crippen molar-refractivity contribution in [3.63, 3.8) is 0 Å². The van der Waals surface area contributed by atoms with Gasteiger partial charge in [0.15, 0.2) is 0 Å².